The molecule has 1 aromatic heterocycles. The molecule has 0 atom stereocenters. The second kappa shape index (κ2) is 4.23. The van der Waals surface area contributed by atoms with Crippen LogP contribution >= 0.6 is 0 Å². The van der Waals surface area contributed by atoms with Crippen LogP contribution in [0.2, 0.25) is 0 Å². The number of aldehydes is 1. The summed E-state index contributed by atoms with van der Waals surface area (Å²) in [6, 6.07) is 7.66. The van der Waals surface area contributed by atoms with E-state index >= 15 is 0 Å². The monoisotopic (exact) mass is 215 g/mol. The van der Waals surface area contributed by atoms with Gasteiger partial charge < -0.3 is 9.72 Å². The Morgan fingerprint density at radius 2 is 1.94 bits per heavy atom. The quantitative estimate of drug-likeness (QED) is 0.800. The van der Waals surface area contributed by atoms with Gasteiger partial charge in [-0.25, -0.2) is 0 Å². The zero-order chi connectivity index (χ0) is 11.5. The molecule has 1 N–H and O–H groups in total. The smallest absolute Gasteiger partial charge is 0.166 e. The van der Waals surface area contributed by atoms with E-state index in [-0.39, 0.29) is 0 Å². The van der Waals surface area contributed by atoms with Crippen LogP contribution in [0.1, 0.15) is 16.1 Å². The number of hydrogen-bond donors (Lipinski definition) is 1. The van der Waals surface area contributed by atoms with E-state index in [2.05, 4.69) is 4.98 Å². The number of aryl methyl sites for hydroxylation is 1. The maximum absolute atomic E-state index is 10.9. The van der Waals surface area contributed by atoms with Crippen molar-refractivity contribution in [1.82, 2.24) is 4.98 Å². The molecule has 2 aromatic rings. The fraction of sp³-hybridized carbons (Fsp3) is 0.154. The predicted molar refractivity (Wildman–Crippen MR) is 62.9 cm³/mol. The number of aromatic amines is 1. The SMILES string of the molecule is COc1ccc(-c2c(C)c[nH]c2C=O)cc1. The third kappa shape index (κ3) is 1.72. The maximum Gasteiger partial charge on any atom is 0.166 e. The van der Waals surface area contributed by atoms with Crippen molar-refractivity contribution >= 4 is 6.29 Å². The summed E-state index contributed by atoms with van der Waals surface area (Å²) in [5.41, 5.74) is 3.65. The molecule has 0 saturated heterocycles. The Balaban J connectivity index is 2.49. The predicted octanol–water partition coefficient (Wildman–Crippen LogP) is 2.81. The number of ether oxygens (including phenoxy) is 1. The summed E-state index contributed by atoms with van der Waals surface area (Å²) in [4.78, 5) is 13.8. The van der Waals surface area contributed by atoms with Gasteiger partial charge in [0.25, 0.3) is 0 Å². The van der Waals surface area contributed by atoms with Gasteiger partial charge in [0.1, 0.15) is 5.75 Å². The molecule has 1 heterocycles. The lowest BCUT2D eigenvalue weighted by atomic mass is 10.0. The number of aromatic nitrogens is 1. The molecule has 0 amide bonds. The first kappa shape index (κ1) is 10.5. The van der Waals surface area contributed by atoms with Crippen molar-refractivity contribution in [3.05, 3.63) is 41.7 Å². The molecule has 0 bridgehead atoms. The molecule has 0 unspecified atom stereocenters. The topological polar surface area (TPSA) is 42.1 Å². The lowest BCUT2D eigenvalue weighted by molar-refractivity contribution is 0.112. The minimum absolute atomic E-state index is 0.614. The van der Waals surface area contributed by atoms with Gasteiger partial charge in [0.2, 0.25) is 0 Å². The number of nitrogens with one attached hydrogen (secondary N) is 1. The number of carbonyl (C=O) groups is 1. The van der Waals surface area contributed by atoms with Gasteiger partial charge in [-0.2, -0.15) is 0 Å². The second-order valence-electron chi connectivity index (χ2n) is 3.61. The fourth-order valence-corrected chi connectivity index (χ4v) is 1.78. The highest BCUT2D eigenvalue weighted by molar-refractivity contribution is 5.87. The van der Waals surface area contributed by atoms with E-state index in [9.17, 15) is 4.79 Å². The van der Waals surface area contributed by atoms with Crippen LogP contribution in [0.5, 0.6) is 5.75 Å². The van der Waals surface area contributed by atoms with Gasteiger partial charge in [-0.1, -0.05) is 12.1 Å². The van der Waals surface area contributed by atoms with E-state index in [0.29, 0.717) is 5.69 Å². The van der Waals surface area contributed by atoms with Gasteiger partial charge >= 0.3 is 0 Å². The van der Waals surface area contributed by atoms with E-state index in [0.717, 1.165) is 28.7 Å². The molecule has 0 fully saturated rings. The summed E-state index contributed by atoms with van der Waals surface area (Å²) >= 11 is 0. The Morgan fingerprint density at radius 3 is 2.50 bits per heavy atom. The largest absolute Gasteiger partial charge is 0.497 e. The number of methoxy groups -OCH3 is 1. The molecule has 3 heteroatoms. The van der Waals surface area contributed by atoms with Gasteiger partial charge in [0.05, 0.1) is 12.8 Å². The Hall–Kier alpha value is -2.03. The average molecular weight is 215 g/mol. The van der Waals surface area contributed by atoms with Crippen LogP contribution in [0.15, 0.2) is 30.5 Å². The van der Waals surface area contributed by atoms with Crippen molar-refractivity contribution in [2.24, 2.45) is 0 Å². The summed E-state index contributed by atoms with van der Waals surface area (Å²) in [7, 11) is 1.63. The molecular formula is C13H13NO2. The third-order valence-electron chi connectivity index (χ3n) is 2.60. The van der Waals surface area contributed by atoms with E-state index in [4.69, 9.17) is 4.74 Å². The zero-order valence-corrected chi connectivity index (χ0v) is 9.28. The second-order valence-corrected chi connectivity index (χ2v) is 3.61. The summed E-state index contributed by atoms with van der Waals surface area (Å²) in [5.74, 6) is 0.810. The first-order valence-electron chi connectivity index (χ1n) is 5.04. The van der Waals surface area contributed by atoms with Crippen LogP contribution in [0.4, 0.5) is 0 Å². The highest BCUT2D eigenvalue weighted by atomic mass is 16.5. The molecule has 0 spiro atoms. The van der Waals surface area contributed by atoms with Gasteiger partial charge in [0.15, 0.2) is 6.29 Å². The van der Waals surface area contributed by atoms with Gasteiger partial charge in [-0.15, -0.1) is 0 Å². The molecule has 0 aliphatic heterocycles. The molecule has 0 aliphatic carbocycles. The molecule has 1 aromatic carbocycles. The highest BCUT2D eigenvalue weighted by Gasteiger charge is 2.09. The van der Waals surface area contributed by atoms with Crippen molar-refractivity contribution in [2.75, 3.05) is 7.11 Å². The summed E-state index contributed by atoms with van der Waals surface area (Å²) in [6.45, 7) is 1.98. The third-order valence-corrected chi connectivity index (χ3v) is 2.60. The fourth-order valence-electron chi connectivity index (χ4n) is 1.78. The minimum atomic E-state index is 0.614. The van der Waals surface area contributed by atoms with E-state index in [1.54, 1.807) is 7.11 Å². The van der Waals surface area contributed by atoms with E-state index in [1.165, 1.54) is 0 Å². The Bertz CT molecular complexity index is 497. The molecular weight excluding hydrogens is 202 g/mol. The van der Waals surface area contributed by atoms with Crippen LogP contribution in [0.25, 0.3) is 11.1 Å². The molecule has 3 nitrogen and oxygen atoms in total. The number of benzene rings is 1. The van der Waals surface area contributed by atoms with Crippen LogP contribution in [0, 0.1) is 6.92 Å². The molecule has 2 rings (SSSR count). The highest BCUT2D eigenvalue weighted by Crippen LogP contribution is 2.27. The number of rotatable bonds is 3. The maximum atomic E-state index is 10.9. The van der Waals surface area contributed by atoms with E-state index < -0.39 is 0 Å². The molecule has 0 radical (unpaired) electrons. The van der Waals surface area contributed by atoms with Gasteiger partial charge in [-0.3, -0.25) is 4.79 Å². The standard InChI is InChI=1S/C13H13NO2/c1-9-7-14-12(8-15)13(9)10-3-5-11(16-2)6-4-10/h3-8,14H,1-2H3. The first-order valence-corrected chi connectivity index (χ1v) is 5.04. The summed E-state index contributed by atoms with van der Waals surface area (Å²) in [5, 5.41) is 0. The van der Waals surface area contributed by atoms with Gasteiger partial charge in [-0.05, 0) is 30.2 Å². The van der Waals surface area contributed by atoms with Gasteiger partial charge in [0, 0.05) is 11.8 Å². The number of H-pyrrole nitrogens is 1. The number of hydrogen-bond acceptors (Lipinski definition) is 2. The molecule has 16 heavy (non-hydrogen) atoms. The average Bonchev–Trinajstić information content (AvgIpc) is 2.70. The van der Waals surface area contributed by atoms with Crippen LogP contribution < -0.4 is 4.74 Å². The van der Waals surface area contributed by atoms with Crippen LogP contribution in [-0.4, -0.2) is 18.4 Å². The van der Waals surface area contributed by atoms with Crippen molar-refractivity contribution in [3.8, 4) is 16.9 Å². The van der Waals surface area contributed by atoms with Crippen molar-refractivity contribution < 1.29 is 9.53 Å². The minimum Gasteiger partial charge on any atom is -0.497 e. The number of carbonyl (C=O) groups excluding carboxylic acids is 1. The van der Waals surface area contributed by atoms with Crippen molar-refractivity contribution in [3.63, 3.8) is 0 Å². The summed E-state index contributed by atoms with van der Waals surface area (Å²) in [6.07, 6.45) is 2.68. The van der Waals surface area contributed by atoms with Crippen LogP contribution in [0.3, 0.4) is 0 Å². The zero-order valence-electron chi connectivity index (χ0n) is 9.28. The Labute approximate surface area is 94.1 Å². The Kier molecular flexibility index (Phi) is 2.77. The molecule has 0 saturated carbocycles. The van der Waals surface area contributed by atoms with E-state index in [1.807, 2.05) is 37.4 Å². The first-order chi connectivity index (χ1) is 7.76. The van der Waals surface area contributed by atoms with Crippen molar-refractivity contribution in [1.29, 1.82) is 0 Å². The lowest BCUT2D eigenvalue weighted by Gasteiger charge is -2.04. The summed E-state index contributed by atoms with van der Waals surface area (Å²) < 4.78 is 5.10. The van der Waals surface area contributed by atoms with Crippen LogP contribution in [-0.2, 0) is 0 Å². The molecule has 82 valence electrons. The molecule has 0 aliphatic rings. The normalized spacial score (nSPS) is 10.1. The lowest BCUT2D eigenvalue weighted by Crippen LogP contribution is -1.87. The Morgan fingerprint density at radius 1 is 1.25 bits per heavy atom. The van der Waals surface area contributed by atoms with Crippen molar-refractivity contribution in [2.45, 2.75) is 6.92 Å².